The molecule has 8 rings (SSSR count). The molecule has 2 atom stereocenters. The Morgan fingerprint density at radius 1 is 0.561 bits per heavy atom. The number of hydrogen-bond donors (Lipinski definition) is 0. The van der Waals surface area contributed by atoms with Gasteiger partial charge in [-0.15, -0.1) is 0 Å². The van der Waals surface area contributed by atoms with Crippen LogP contribution in [0.5, 0.6) is 0 Å². The van der Waals surface area contributed by atoms with E-state index >= 15 is 0 Å². The van der Waals surface area contributed by atoms with Crippen molar-refractivity contribution in [3.05, 3.63) is 128 Å². The van der Waals surface area contributed by atoms with E-state index < -0.39 is 20.0 Å². The standard InChI is InChI=1S/C38H34.2CH3.Hf/c1-24-10-5-14-32(26(24)3)34-16-7-12-28-20-30(22-36(28)34)38(18-9-19-38)31-21-29-13-8-17-35(37(29)23-31)33-15-6-11-25(2)27(33)4;;;/h5-8,10-17,20-23H,9,18-19H2,1-4H3;2*1H3;. The molecule has 0 radical (unpaired) electrons. The quantitative estimate of drug-likeness (QED) is 0.183. The van der Waals surface area contributed by atoms with Gasteiger partial charge in [0.15, 0.2) is 0 Å². The molecule has 1 heterocycles. The van der Waals surface area contributed by atoms with Crippen molar-refractivity contribution in [2.24, 2.45) is 5.41 Å². The number of benzene rings is 4. The molecule has 1 saturated carbocycles. The fourth-order valence-corrected chi connectivity index (χ4v) is 26.3. The molecule has 41 heavy (non-hydrogen) atoms. The first-order valence-corrected chi connectivity index (χ1v) is 26.9. The maximum atomic E-state index is 2.79. The summed E-state index contributed by atoms with van der Waals surface area (Å²) in [4.78, 5) is 0. The Morgan fingerprint density at radius 2 is 0.976 bits per heavy atom. The maximum absolute atomic E-state index is 3.02. The van der Waals surface area contributed by atoms with Crippen molar-refractivity contribution in [3.8, 4) is 22.3 Å². The molecule has 0 aromatic heterocycles. The molecule has 2 unspecified atom stereocenters. The summed E-state index contributed by atoms with van der Waals surface area (Å²) < 4.78 is 6.91. The first-order valence-electron chi connectivity index (χ1n) is 15.6. The summed E-state index contributed by atoms with van der Waals surface area (Å²) in [5.41, 5.74) is 21.5. The fourth-order valence-electron chi connectivity index (χ4n) is 9.23. The summed E-state index contributed by atoms with van der Waals surface area (Å²) >= 11 is -3.02. The normalized spacial score (nSPS) is 22.3. The molecule has 1 heteroatoms. The molecule has 1 saturated heterocycles. The van der Waals surface area contributed by atoms with Crippen LogP contribution in [0.15, 0.2) is 83.9 Å². The second-order valence-corrected chi connectivity index (χ2v) is 31.2. The topological polar surface area (TPSA) is 0 Å². The van der Waals surface area contributed by atoms with Gasteiger partial charge in [-0.1, -0.05) is 0 Å². The van der Waals surface area contributed by atoms with Gasteiger partial charge in [0, 0.05) is 0 Å². The van der Waals surface area contributed by atoms with E-state index in [1.807, 2.05) is 0 Å². The number of fused-ring (bicyclic) bond motifs is 8. The number of aryl methyl sites for hydroxylation is 2. The molecule has 1 aliphatic heterocycles. The van der Waals surface area contributed by atoms with E-state index in [0.717, 1.165) is 0 Å². The van der Waals surface area contributed by atoms with Crippen molar-refractivity contribution < 1.29 is 20.0 Å². The van der Waals surface area contributed by atoms with Gasteiger partial charge in [-0.2, -0.15) is 0 Å². The SMILES string of the molecule is Cc1cccc(-c2cccc3c2C=C2[CH]3[Hf]([CH3])([CH3])[CH]3C(=Cc4c(-c5cccc(C)c5C)cccc43)C23CCC3)c1C. The van der Waals surface area contributed by atoms with Crippen LogP contribution in [-0.2, 0) is 20.0 Å². The van der Waals surface area contributed by atoms with Crippen molar-refractivity contribution in [1.82, 2.24) is 0 Å². The average molecular weight is 699 g/mol. The zero-order valence-corrected chi connectivity index (χ0v) is 29.0. The Labute approximate surface area is 250 Å². The number of rotatable bonds is 2. The summed E-state index contributed by atoms with van der Waals surface area (Å²) in [6, 6.07) is 28.2. The van der Waals surface area contributed by atoms with E-state index in [0.29, 0.717) is 7.35 Å². The monoisotopic (exact) mass is 700 g/mol. The van der Waals surface area contributed by atoms with E-state index in [1.165, 1.54) is 74.9 Å². The van der Waals surface area contributed by atoms with Crippen LogP contribution < -0.4 is 0 Å². The number of allylic oxidation sites excluding steroid dienone is 2. The van der Waals surface area contributed by atoms with Crippen LogP contribution in [-0.4, -0.2) is 0 Å². The Morgan fingerprint density at radius 3 is 1.39 bits per heavy atom. The molecule has 4 aliphatic rings. The second kappa shape index (κ2) is 8.87. The van der Waals surface area contributed by atoms with E-state index in [1.54, 1.807) is 22.3 Å². The molecule has 204 valence electrons. The molecular formula is C40H40Hf. The van der Waals surface area contributed by atoms with E-state index in [9.17, 15) is 0 Å². The van der Waals surface area contributed by atoms with Gasteiger partial charge in [-0.25, -0.2) is 0 Å². The third kappa shape index (κ3) is 3.36. The van der Waals surface area contributed by atoms with Gasteiger partial charge >= 0.3 is 252 Å². The first kappa shape index (κ1) is 25.9. The van der Waals surface area contributed by atoms with Crippen LogP contribution in [0.2, 0.25) is 9.36 Å². The van der Waals surface area contributed by atoms with Crippen LogP contribution in [0.1, 0.15) is 71.1 Å². The minimum absolute atomic E-state index is 0.251. The Kier molecular flexibility index (Phi) is 5.60. The van der Waals surface area contributed by atoms with Crippen LogP contribution in [0.3, 0.4) is 0 Å². The minimum atomic E-state index is -3.02. The first-order chi connectivity index (χ1) is 19.7. The Balaban J connectivity index is 1.35. The predicted octanol–water partition coefficient (Wildman–Crippen LogP) is 11.3. The molecule has 0 nitrogen and oxygen atoms in total. The molecule has 2 fully saturated rings. The fraction of sp³-hybridized carbons (Fsp3) is 0.300. The van der Waals surface area contributed by atoms with Gasteiger partial charge in [0.25, 0.3) is 0 Å². The molecule has 1 spiro atoms. The van der Waals surface area contributed by atoms with Crippen LogP contribution in [0.25, 0.3) is 34.4 Å². The van der Waals surface area contributed by atoms with Crippen LogP contribution in [0.4, 0.5) is 0 Å². The molecule has 0 bridgehead atoms. The molecular weight excluding hydrogens is 659 g/mol. The van der Waals surface area contributed by atoms with Crippen LogP contribution in [0, 0.1) is 33.1 Å². The summed E-state index contributed by atoms with van der Waals surface area (Å²) in [5.74, 6) is 0. The van der Waals surface area contributed by atoms with Crippen molar-refractivity contribution >= 4 is 12.2 Å². The summed E-state index contributed by atoms with van der Waals surface area (Å²) in [6.07, 6.45) is 9.42. The predicted molar refractivity (Wildman–Crippen MR) is 172 cm³/mol. The molecule has 0 N–H and O–H groups in total. The third-order valence-electron chi connectivity index (χ3n) is 11.7. The zero-order valence-electron chi connectivity index (χ0n) is 25.4. The van der Waals surface area contributed by atoms with Crippen molar-refractivity contribution in [2.45, 2.75) is 63.7 Å². The second-order valence-electron chi connectivity index (χ2n) is 13.9. The van der Waals surface area contributed by atoms with Crippen molar-refractivity contribution in [3.63, 3.8) is 0 Å². The molecule has 0 amide bonds. The Hall–Kier alpha value is -2.77. The van der Waals surface area contributed by atoms with Crippen molar-refractivity contribution in [1.29, 1.82) is 0 Å². The Bertz CT molecular complexity index is 1710. The third-order valence-corrected chi connectivity index (χ3v) is 26.9. The average Bonchev–Trinajstić information content (AvgIpc) is 3.52. The van der Waals surface area contributed by atoms with Crippen molar-refractivity contribution in [2.75, 3.05) is 0 Å². The van der Waals surface area contributed by atoms with Gasteiger partial charge in [0.05, 0.1) is 0 Å². The van der Waals surface area contributed by atoms with Gasteiger partial charge in [0.2, 0.25) is 0 Å². The number of hydrogen-bond acceptors (Lipinski definition) is 0. The van der Waals surface area contributed by atoms with E-state index in [-0.39, 0.29) is 5.41 Å². The van der Waals surface area contributed by atoms with E-state index in [2.05, 4.69) is 122 Å². The van der Waals surface area contributed by atoms with Crippen LogP contribution >= 0.6 is 0 Å². The molecule has 4 aromatic rings. The summed E-state index contributed by atoms with van der Waals surface area (Å²) in [5, 5.41) is 0. The van der Waals surface area contributed by atoms with Gasteiger partial charge < -0.3 is 0 Å². The summed E-state index contributed by atoms with van der Waals surface area (Å²) in [6.45, 7) is 9.11. The van der Waals surface area contributed by atoms with Gasteiger partial charge in [0.1, 0.15) is 0 Å². The van der Waals surface area contributed by atoms with Gasteiger partial charge in [-0.3, -0.25) is 0 Å². The summed E-state index contributed by atoms with van der Waals surface area (Å²) in [7, 11) is 0. The molecule has 4 aromatic carbocycles. The molecule has 3 aliphatic carbocycles. The van der Waals surface area contributed by atoms with E-state index in [4.69, 9.17) is 0 Å². The van der Waals surface area contributed by atoms with Gasteiger partial charge in [-0.05, 0) is 0 Å². The zero-order chi connectivity index (χ0) is 28.3.